The minimum absolute atomic E-state index is 0.430. The molecule has 1 N–H and O–H groups in total. The van der Waals surface area contributed by atoms with E-state index in [2.05, 4.69) is 24.2 Å². The molecule has 14 heavy (non-hydrogen) atoms. The summed E-state index contributed by atoms with van der Waals surface area (Å²) in [5.74, 6) is 0.880. The molecule has 1 heterocycles. The van der Waals surface area contributed by atoms with E-state index in [1.807, 2.05) is 0 Å². The topological polar surface area (TPSA) is 24.5 Å². The summed E-state index contributed by atoms with van der Waals surface area (Å²) in [5.41, 5.74) is 0. The number of ether oxygens (including phenoxy) is 1. The van der Waals surface area contributed by atoms with Gasteiger partial charge in [-0.25, -0.2) is 0 Å². The molecule has 1 aliphatic carbocycles. The number of morpholine rings is 1. The molecule has 1 saturated heterocycles. The summed E-state index contributed by atoms with van der Waals surface area (Å²) < 4.78 is 5.56. The predicted octanol–water partition coefficient (Wildman–Crippen LogP) is 0.705. The number of rotatable bonds is 3. The van der Waals surface area contributed by atoms with Gasteiger partial charge in [0, 0.05) is 19.1 Å². The maximum absolute atomic E-state index is 5.56. The van der Waals surface area contributed by atoms with Gasteiger partial charge < -0.3 is 10.1 Å². The molecule has 3 heteroatoms. The largest absolute Gasteiger partial charge is 0.376 e. The van der Waals surface area contributed by atoms with Crippen LogP contribution in [-0.4, -0.2) is 50.3 Å². The van der Waals surface area contributed by atoms with Crippen molar-refractivity contribution in [2.75, 3.05) is 33.3 Å². The zero-order valence-corrected chi connectivity index (χ0v) is 9.33. The van der Waals surface area contributed by atoms with Crippen molar-refractivity contribution in [1.82, 2.24) is 10.2 Å². The van der Waals surface area contributed by atoms with Gasteiger partial charge in [0.1, 0.15) is 0 Å². The SMILES string of the molecule is CNCC1CCC1N1CCOC(C)C1. The molecule has 82 valence electrons. The predicted molar refractivity (Wildman–Crippen MR) is 57.4 cm³/mol. The van der Waals surface area contributed by atoms with Crippen LogP contribution in [-0.2, 0) is 4.74 Å². The van der Waals surface area contributed by atoms with Crippen LogP contribution in [0.3, 0.4) is 0 Å². The Kier molecular flexibility index (Phi) is 3.42. The molecule has 0 amide bonds. The van der Waals surface area contributed by atoms with Crippen molar-refractivity contribution in [3.8, 4) is 0 Å². The maximum Gasteiger partial charge on any atom is 0.0674 e. The van der Waals surface area contributed by atoms with E-state index in [1.54, 1.807) is 0 Å². The quantitative estimate of drug-likeness (QED) is 0.722. The van der Waals surface area contributed by atoms with E-state index in [0.717, 1.165) is 31.7 Å². The number of nitrogens with zero attached hydrogens (tertiary/aromatic N) is 1. The van der Waals surface area contributed by atoms with Crippen LogP contribution >= 0.6 is 0 Å². The average Bonchev–Trinajstić information content (AvgIpc) is 2.12. The van der Waals surface area contributed by atoms with Crippen LogP contribution in [0.4, 0.5) is 0 Å². The summed E-state index contributed by atoms with van der Waals surface area (Å²) in [4.78, 5) is 2.62. The highest BCUT2D eigenvalue weighted by Crippen LogP contribution is 2.32. The Morgan fingerprint density at radius 1 is 1.43 bits per heavy atom. The zero-order chi connectivity index (χ0) is 9.97. The van der Waals surface area contributed by atoms with Gasteiger partial charge in [0.25, 0.3) is 0 Å². The van der Waals surface area contributed by atoms with Crippen LogP contribution in [0, 0.1) is 5.92 Å². The molecule has 0 aromatic heterocycles. The molecule has 3 nitrogen and oxygen atoms in total. The van der Waals surface area contributed by atoms with E-state index in [4.69, 9.17) is 4.74 Å². The van der Waals surface area contributed by atoms with Crippen molar-refractivity contribution in [3.63, 3.8) is 0 Å². The van der Waals surface area contributed by atoms with Gasteiger partial charge in [-0.1, -0.05) is 0 Å². The van der Waals surface area contributed by atoms with Crippen LogP contribution < -0.4 is 5.32 Å². The molecule has 3 unspecified atom stereocenters. The Morgan fingerprint density at radius 2 is 2.29 bits per heavy atom. The second-order valence-corrected chi connectivity index (χ2v) is 4.64. The molecule has 3 atom stereocenters. The zero-order valence-electron chi connectivity index (χ0n) is 9.33. The van der Waals surface area contributed by atoms with Crippen LogP contribution in [0.1, 0.15) is 19.8 Å². The second-order valence-electron chi connectivity index (χ2n) is 4.64. The third kappa shape index (κ3) is 2.10. The Balaban J connectivity index is 1.82. The number of hydrogen-bond donors (Lipinski definition) is 1. The van der Waals surface area contributed by atoms with E-state index < -0.39 is 0 Å². The number of nitrogens with one attached hydrogen (secondary N) is 1. The Hall–Kier alpha value is -0.120. The summed E-state index contributed by atoms with van der Waals surface area (Å²) >= 11 is 0. The van der Waals surface area contributed by atoms with E-state index in [1.165, 1.54) is 19.4 Å². The van der Waals surface area contributed by atoms with Crippen LogP contribution in [0.25, 0.3) is 0 Å². The molecule has 2 rings (SSSR count). The lowest BCUT2D eigenvalue weighted by molar-refractivity contribution is -0.0620. The van der Waals surface area contributed by atoms with Gasteiger partial charge in [-0.05, 0) is 39.3 Å². The first-order valence-electron chi connectivity index (χ1n) is 5.81. The standard InChI is InChI=1S/C11H22N2O/c1-9-8-13(5-6-14-9)11-4-3-10(11)7-12-2/h9-12H,3-8H2,1-2H3. The van der Waals surface area contributed by atoms with Crippen LogP contribution in [0.15, 0.2) is 0 Å². The summed E-state index contributed by atoms with van der Waals surface area (Å²) in [6, 6.07) is 0.828. The lowest BCUT2D eigenvalue weighted by Gasteiger charge is -2.47. The van der Waals surface area contributed by atoms with Crippen molar-refractivity contribution in [2.24, 2.45) is 5.92 Å². The number of hydrogen-bond acceptors (Lipinski definition) is 3. The summed E-state index contributed by atoms with van der Waals surface area (Å²) in [6.45, 7) is 6.54. The highest BCUT2D eigenvalue weighted by atomic mass is 16.5. The van der Waals surface area contributed by atoms with Crippen LogP contribution in [0.5, 0.6) is 0 Å². The summed E-state index contributed by atoms with van der Waals surface area (Å²) in [7, 11) is 2.05. The third-order valence-electron chi connectivity index (χ3n) is 3.59. The monoisotopic (exact) mass is 198 g/mol. The average molecular weight is 198 g/mol. The fraction of sp³-hybridized carbons (Fsp3) is 1.00. The lowest BCUT2D eigenvalue weighted by atomic mass is 9.78. The van der Waals surface area contributed by atoms with Crippen LogP contribution in [0.2, 0.25) is 0 Å². The molecule has 0 spiro atoms. The van der Waals surface area contributed by atoms with Crippen molar-refractivity contribution >= 4 is 0 Å². The first kappa shape index (κ1) is 10.4. The molecular formula is C11H22N2O. The fourth-order valence-electron chi connectivity index (χ4n) is 2.68. The molecule has 2 fully saturated rings. The molecule has 0 aromatic carbocycles. The fourth-order valence-corrected chi connectivity index (χ4v) is 2.68. The Morgan fingerprint density at radius 3 is 2.86 bits per heavy atom. The third-order valence-corrected chi connectivity index (χ3v) is 3.59. The van der Waals surface area contributed by atoms with Gasteiger partial charge in [-0.3, -0.25) is 4.90 Å². The minimum atomic E-state index is 0.430. The van der Waals surface area contributed by atoms with Gasteiger partial charge in [0.2, 0.25) is 0 Å². The second kappa shape index (κ2) is 4.60. The molecule has 1 saturated carbocycles. The molecule has 1 aliphatic heterocycles. The van der Waals surface area contributed by atoms with Crippen molar-refractivity contribution in [2.45, 2.75) is 31.9 Å². The molecular weight excluding hydrogens is 176 g/mol. The van der Waals surface area contributed by atoms with Gasteiger partial charge >= 0.3 is 0 Å². The summed E-state index contributed by atoms with van der Waals surface area (Å²) in [6.07, 6.45) is 3.22. The molecule has 2 aliphatic rings. The smallest absolute Gasteiger partial charge is 0.0674 e. The van der Waals surface area contributed by atoms with E-state index in [9.17, 15) is 0 Å². The molecule has 0 radical (unpaired) electrons. The van der Waals surface area contributed by atoms with Crippen molar-refractivity contribution < 1.29 is 4.74 Å². The first-order chi connectivity index (χ1) is 6.81. The first-order valence-corrected chi connectivity index (χ1v) is 5.81. The minimum Gasteiger partial charge on any atom is -0.376 e. The highest BCUT2D eigenvalue weighted by molar-refractivity contribution is 4.91. The van der Waals surface area contributed by atoms with E-state index >= 15 is 0 Å². The van der Waals surface area contributed by atoms with Gasteiger partial charge in [-0.15, -0.1) is 0 Å². The highest BCUT2D eigenvalue weighted by Gasteiger charge is 2.36. The summed E-state index contributed by atoms with van der Waals surface area (Å²) in [5, 5.41) is 3.29. The van der Waals surface area contributed by atoms with E-state index in [0.29, 0.717) is 6.10 Å². The van der Waals surface area contributed by atoms with Gasteiger partial charge in [0.15, 0.2) is 0 Å². The Labute approximate surface area is 86.8 Å². The molecule has 0 aromatic rings. The normalized spacial score (nSPS) is 39.4. The van der Waals surface area contributed by atoms with Crippen molar-refractivity contribution in [1.29, 1.82) is 0 Å². The lowest BCUT2D eigenvalue weighted by Crippen LogP contribution is -2.55. The van der Waals surface area contributed by atoms with Crippen molar-refractivity contribution in [3.05, 3.63) is 0 Å². The molecule has 0 bridgehead atoms. The van der Waals surface area contributed by atoms with Gasteiger partial charge in [-0.2, -0.15) is 0 Å². The van der Waals surface area contributed by atoms with E-state index in [-0.39, 0.29) is 0 Å². The Bertz CT molecular complexity index is 186. The van der Waals surface area contributed by atoms with Gasteiger partial charge in [0.05, 0.1) is 12.7 Å². The maximum atomic E-state index is 5.56.